The van der Waals surface area contributed by atoms with Gasteiger partial charge in [0.2, 0.25) is 5.95 Å². The van der Waals surface area contributed by atoms with E-state index in [1.165, 1.54) is 0 Å². The second-order valence-electron chi connectivity index (χ2n) is 6.51. The molecule has 6 nitrogen and oxygen atoms in total. The third-order valence-corrected chi connectivity index (χ3v) is 5.06. The van der Waals surface area contributed by atoms with E-state index in [1.54, 1.807) is 19.3 Å². The molecule has 1 amide bonds. The van der Waals surface area contributed by atoms with E-state index < -0.39 is 6.10 Å². The molecule has 1 fully saturated rings. The molecule has 0 unspecified atom stereocenters. The first kappa shape index (κ1) is 18.6. The van der Waals surface area contributed by atoms with E-state index in [0.29, 0.717) is 5.75 Å². The monoisotopic (exact) mass is 418 g/mol. The van der Waals surface area contributed by atoms with E-state index >= 15 is 0 Å². The molecule has 7 heteroatoms. The second kappa shape index (κ2) is 8.49. The van der Waals surface area contributed by atoms with Crippen molar-refractivity contribution in [1.82, 2.24) is 15.3 Å². The summed E-state index contributed by atoms with van der Waals surface area (Å²) in [5.74, 6) is 1.33. The number of rotatable bonds is 5. The molecule has 0 spiro atoms. The summed E-state index contributed by atoms with van der Waals surface area (Å²) in [6, 6.07) is 7.77. The van der Waals surface area contributed by atoms with Gasteiger partial charge in [-0.2, -0.15) is 0 Å². The highest BCUT2D eigenvalue weighted by atomic mass is 79.9. The zero-order valence-electron chi connectivity index (χ0n) is 15.0. The fourth-order valence-electron chi connectivity index (χ4n) is 2.94. The number of benzene rings is 1. The van der Waals surface area contributed by atoms with Gasteiger partial charge in [0.05, 0.1) is 4.47 Å². The molecule has 1 N–H and O–H groups in total. The molecule has 26 heavy (non-hydrogen) atoms. The van der Waals surface area contributed by atoms with E-state index in [9.17, 15) is 4.79 Å². The molecule has 0 aliphatic carbocycles. The topological polar surface area (TPSA) is 67.3 Å². The Bertz CT molecular complexity index is 748. The quantitative estimate of drug-likeness (QED) is 0.807. The van der Waals surface area contributed by atoms with E-state index in [2.05, 4.69) is 36.1 Å². The highest BCUT2D eigenvalue weighted by Gasteiger charge is 2.24. The minimum atomic E-state index is -0.551. The number of halogens is 1. The maximum absolute atomic E-state index is 12.5. The van der Waals surface area contributed by atoms with Gasteiger partial charge in [0.15, 0.2) is 6.10 Å². The highest BCUT2D eigenvalue weighted by Crippen LogP contribution is 2.26. The van der Waals surface area contributed by atoms with Crippen molar-refractivity contribution in [2.45, 2.75) is 38.8 Å². The van der Waals surface area contributed by atoms with Gasteiger partial charge >= 0.3 is 0 Å². The van der Waals surface area contributed by atoms with Crippen LogP contribution in [0.1, 0.15) is 25.3 Å². The Kier molecular flexibility index (Phi) is 6.08. The van der Waals surface area contributed by atoms with Gasteiger partial charge in [-0.1, -0.05) is 6.07 Å². The molecular weight excluding hydrogens is 396 g/mol. The molecule has 1 aliphatic heterocycles. The SMILES string of the molecule is Cc1ccc(O[C@@H](C)C(=O)NC2CCN(c3ncccn3)CC2)c(Br)c1. The third kappa shape index (κ3) is 4.72. The lowest BCUT2D eigenvalue weighted by atomic mass is 10.1. The van der Waals surface area contributed by atoms with Crippen molar-refractivity contribution in [1.29, 1.82) is 0 Å². The lowest BCUT2D eigenvalue weighted by molar-refractivity contribution is -0.128. The molecular formula is C19H23BrN4O2. The maximum atomic E-state index is 12.5. The lowest BCUT2D eigenvalue weighted by Crippen LogP contribution is -2.48. The number of piperidine rings is 1. The summed E-state index contributed by atoms with van der Waals surface area (Å²) in [5, 5.41) is 3.10. The fraction of sp³-hybridized carbons (Fsp3) is 0.421. The molecule has 1 saturated heterocycles. The second-order valence-corrected chi connectivity index (χ2v) is 7.37. The molecule has 1 aromatic heterocycles. The van der Waals surface area contributed by atoms with Crippen molar-refractivity contribution in [3.05, 3.63) is 46.7 Å². The Morgan fingerprint density at radius 2 is 2.00 bits per heavy atom. The Hall–Kier alpha value is -2.15. The minimum absolute atomic E-state index is 0.0908. The van der Waals surface area contributed by atoms with Crippen LogP contribution < -0.4 is 15.0 Å². The van der Waals surface area contributed by atoms with Gasteiger partial charge in [-0.25, -0.2) is 9.97 Å². The van der Waals surface area contributed by atoms with Crippen molar-refractivity contribution in [2.75, 3.05) is 18.0 Å². The van der Waals surface area contributed by atoms with Crippen molar-refractivity contribution >= 4 is 27.8 Å². The number of anilines is 1. The van der Waals surface area contributed by atoms with Crippen LogP contribution in [0.5, 0.6) is 5.75 Å². The zero-order chi connectivity index (χ0) is 18.5. The Balaban J connectivity index is 1.49. The summed E-state index contributed by atoms with van der Waals surface area (Å²) in [5.41, 5.74) is 1.13. The molecule has 0 radical (unpaired) electrons. The van der Waals surface area contributed by atoms with Gasteiger partial charge in [0.1, 0.15) is 5.75 Å². The van der Waals surface area contributed by atoms with Gasteiger partial charge in [-0.05, 0) is 66.4 Å². The molecule has 1 atom stereocenters. The van der Waals surface area contributed by atoms with Crippen LogP contribution in [0.4, 0.5) is 5.95 Å². The number of amides is 1. The molecule has 0 bridgehead atoms. The van der Waals surface area contributed by atoms with E-state index in [1.807, 2.05) is 31.2 Å². The molecule has 2 aromatic rings. The summed E-state index contributed by atoms with van der Waals surface area (Å²) >= 11 is 3.48. The van der Waals surface area contributed by atoms with Crippen molar-refractivity contribution < 1.29 is 9.53 Å². The van der Waals surface area contributed by atoms with Gasteiger partial charge in [-0.3, -0.25) is 4.79 Å². The lowest BCUT2D eigenvalue weighted by Gasteiger charge is -2.32. The number of ether oxygens (including phenoxy) is 1. The Morgan fingerprint density at radius 1 is 1.31 bits per heavy atom. The van der Waals surface area contributed by atoms with Gasteiger partial charge in [-0.15, -0.1) is 0 Å². The Morgan fingerprint density at radius 3 is 2.65 bits per heavy atom. The number of aromatic nitrogens is 2. The van der Waals surface area contributed by atoms with Crippen LogP contribution in [0.3, 0.4) is 0 Å². The average molecular weight is 419 g/mol. The first-order valence-electron chi connectivity index (χ1n) is 8.78. The van der Waals surface area contributed by atoms with Crippen LogP contribution in [-0.4, -0.2) is 41.1 Å². The number of aryl methyl sites for hydroxylation is 1. The zero-order valence-corrected chi connectivity index (χ0v) is 16.6. The van der Waals surface area contributed by atoms with Crippen LogP contribution in [0.2, 0.25) is 0 Å². The Labute approximate surface area is 162 Å². The van der Waals surface area contributed by atoms with Gasteiger partial charge in [0.25, 0.3) is 5.91 Å². The molecule has 0 saturated carbocycles. The van der Waals surface area contributed by atoms with Crippen LogP contribution >= 0.6 is 15.9 Å². The third-order valence-electron chi connectivity index (χ3n) is 4.44. The standard InChI is InChI=1S/C19H23BrN4O2/c1-13-4-5-17(16(20)12-13)26-14(2)18(25)23-15-6-10-24(11-7-15)19-21-8-3-9-22-19/h3-5,8-9,12,14-15H,6-7,10-11H2,1-2H3,(H,23,25)/t14-/m0/s1. The number of hydrogen-bond donors (Lipinski definition) is 1. The van der Waals surface area contributed by atoms with E-state index in [-0.39, 0.29) is 11.9 Å². The molecule has 1 aliphatic rings. The van der Waals surface area contributed by atoms with E-state index in [0.717, 1.165) is 41.9 Å². The van der Waals surface area contributed by atoms with Crippen molar-refractivity contribution in [3.8, 4) is 5.75 Å². The molecule has 2 heterocycles. The molecule has 3 rings (SSSR count). The number of carbonyl (C=O) groups excluding carboxylic acids is 1. The predicted molar refractivity (Wildman–Crippen MR) is 104 cm³/mol. The summed E-state index contributed by atoms with van der Waals surface area (Å²) in [4.78, 5) is 23.2. The average Bonchev–Trinajstić information content (AvgIpc) is 2.65. The summed E-state index contributed by atoms with van der Waals surface area (Å²) < 4.78 is 6.66. The number of carbonyl (C=O) groups is 1. The van der Waals surface area contributed by atoms with Gasteiger partial charge < -0.3 is 15.0 Å². The first-order valence-corrected chi connectivity index (χ1v) is 9.57. The number of nitrogens with one attached hydrogen (secondary N) is 1. The first-order chi connectivity index (χ1) is 12.5. The van der Waals surface area contributed by atoms with Gasteiger partial charge in [0, 0.05) is 31.5 Å². The van der Waals surface area contributed by atoms with Crippen LogP contribution in [0, 0.1) is 6.92 Å². The van der Waals surface area contributed by atoms with Crippen LogP contribution in [0.25, 0.3) is 0 Å². The smallest absolute Gasteiger partial charge is 0.260 e. The minimum Gasteiger partial charge on any atom is -0.480 e. The van der Waals surface area contributed by atoms with Crippen LogP contribution in [-0.2, 0) is 4.79 Å². The molecule has 1 aromatic carbocycles. The van der Waals surface area contributed by atoms with Crippen LogP contribution in [0.15, 0.2) is 41.1 Å². The summed E-state index contributed by atoms with van der Waals surface area (Å²) in [6.45, 7) is 5.44. The van der Waals surface area contributed by atoms with Crippen molar-refractivity contribution in [2.24, 2.45) is 0 Å². The summed E-state index contributed by atoms with van der Waals surface area (Å²) in [6.07, 6.45) is 4.68. The molecule has 138 valence electrons. The highest BCUT2D eigenvalue weighted by molar-refractivity contribution is 9.10. The fourth-order valence-corrected chi connectivity index (χ4v) is 3.53. The maximum Gasteiger partial charge on any atom is 0.260 e. The van der Waals surface area contributed by atoms with E-state index in [4.69, 9.17) is 4.74 Å². The largest absolute Gasteiger partial charge is 0.480 e. The predicted octanol–water partition coefficient (Wildman–Crippen LogP) is 3.10. The summed E-state index contributed by atoms with van der Waals surface area (Å²) in [7, 11) is 0. The number of nitrogens with zero attached hydrogens (tertiary/aromatic N) is 3. The number of hydrogen-bond acceptors (Lipinski definition) is 5. The van der Waals surface area contributed by atoms with Crippen molar-refractivity contribution in [3.63, 3.8) is 0 Å². The normalized spacial score (nSPS) is 16.2.